The van der Waals surface area contributed by atoms with Gasteiger partial charge in [-0.15, -0.1) is 0 Å². The van der Waals surface area contributed by atoms with Crippen molar-refractivity contribution in [2.24, 2.45) is 0 Å². The molecule has 94 valence electrons. The molecule has 0 radical (unpaired) electrons. The number of halogens is 3. The Labute approximate surface area is 100 Å². The van der Waals surface area contributed by atoms with Gasteiger partial charge in [-0.1, -0.05) is 0 Å². The molecule has 18 heavy (non-hydrogen) atoms. The van der Waals surface area contributed by atoms with Crippen molar-refractivity contribution in [3.8, 4) is 0 Å². The van der Waals surface area contributed by atoms with Crippen molar-refractivity contribution in [2.45, 2.75) is 12.7 Å². The molecule has 0 bridgehead atoms. The third-order valence-electron chi connectivity index (χ3n) is 1.99. The lowest BCUT2D eigenvalue weighted by Gasteiger charge is -2.07. The average Bonchev–Trinajstić information content (AvgIpc) is 2.37. The zero-order valence-corrected chi connectivity index (χ0v) is 9.02. The summed E-state index contributed by atoms with van der Waals surface area (Å²) in [4.78, 5) is 14.9. The number of nitrogens with one attached hydrogen (secondary N) is 1. The summed E-state index contributed by atoms with van der Waals surface area (Å²) < 4.78 is 37.2. The minimum atomic E-state index is -4.48. The van der Waals surface area contributed by atoms with Crippen LogP contribution in [0.1, 0.15) is 11.4 Å². The molecule has 1 N–H and O–H groups in total. The molecule has 0 amide bonds. The standard InChI is InChI=1S/C10H8F3N5/c11-10(12,13)8-1-2-16-9(18-8)17-6-7-5-14-3-4-15-7/h1-5H,6H2,(H,16,17,18). The minimum absolute atomic E-state index is 0.101. The van der Waals surface area contributed by atoms with Crippen molar-refractivity contribution in [3.05, 3.63) is 42.2 Å². The molecule has 2 aromatic heterocycles. The van der Waals surface area contributed by atoms with Crippen molar-refractivity contribution in [3.63, 3.8) is 0 Å². The lowest BCUT2D eigenvalue weighted by Crippen LogP contribution is -2.11. The van der Waals surface area contributed by atoms with E-state index >= 15 is 0 Å². The highest BCUT2D eigenvalue weighted by Gasteiger charge is 2.32. The second-order valence-corrected chi connectivity index (χ2v) is 3.31. The first-order chi connectivity index (χ1) is 8.55. The molecule has 5 nitrogen and oxygen atoms in total. The molecule has 0 unspecified atom stereocenters. The maximum atomic E-state index is 12.4. The highest BCUT2D eigenvalue weighted by Crippen LogP contribution is 2.27. The van der Waals surface area contributed by atoms with Crippen LogP contribution in [0.2, 0.25) is 0 Å². The normalized spacial score (nSPS) is 11.3. The van der Waals surface area contributed by atoms with Gasteiger partial charge in [0.1, 0.15) is 5.69 Å². The van der Waals surface area contributed by atoms with E-state index in [4.69, 9.17) is 0 Å². The summed E-state index contributed by atoms with van der Waals surface area (Å²) in [6.07, 6.45) is 1.07. The molecule has 0 spiro atoms. The summed E-state index contributed by atoms with van der Waals surface area (Å²) in [6.45, 7) is 0.204. The molecule has 0 aliphatic rings. The van der Waals surface area contributed by atoms with Gasteiger partial charge < -0.3 is 5.32 Å². The van der Waals surface area contributed by atoms with Gasteiger partial charge in [0, 0.05) is 18.6 Å². The Balaban J connectivity index is 2.06. The molecule has 0 aromatic carbocycles. The van der Waals surface area contributed by atoms with Gasteiger partial charge in [0.2, 0.25) is 5.95 Å². The molecule has 0 fully saturated rings. The van der Waals surface area contributed by atoms with Crippen LogP contribution in [-0.4, -0.2) is 19.9 Å². The van der Waals surface area contributed by atoms with E-state index in [0.29, 0.717) is 5.69 Å². The molecular weight excluding hydrogens is 247 g/mol. The topological polar surface area (TPSA) is 63.6 Å². The molecule has 8 heteroatoms. The predicted molar refractivity (Wildman–Crippen MR) is 56.4 cm³/mol. The third kappa shape index (κ3) is 3.12. The second-order valence-electron chi connectivity index (χ2n) is 3.31. The van der Waals surface area contributed by atoms with E-state index in [1.165, 1.54) is 18.6 Å². The van der Waals surface area contributed by atoms with Gasteiger partial charge in [0.05, 0.1) is 18.4 Å². The van der Waals surface area contributed by atoms with E-state index in [2.05, 4.69) is 25.3 Å². The van der Waals surface area contributed by atoms with Gasteiger partial charge in [-0.25, -0.2) is 9.97 Å². The summed E-state index contributed by atoms with van der Waals surface area (Å²) in [7, 11) is 0. The Bertz CT molecular complexity index is 514. The van der Waals surface area contributed by atoms with Crippen LogP contribution in [0.25, 0.3) is 0 Å². The van der Waals surface area contributed by atoms with Crippen LogP contribution in [-0.2, 0) is 12.7 Å². The van der Waals surface area contributed by atoms with Crippen molar-refractivity contribution < 1.29 is 13.2 Å². The first kappa shape index (κ1) is 12.2. The maximum Gasteiger partial charge on any atom is 0.433 e. The summed E-state index contributed by atoms with van der Waals surface area (Å²) >= 11 is 0. The van der Waals surface area contributed by atoms with E-state index in [0.717, 1.165) is 12.3 Å². The molecule has 2 aromatic rings. The van der Waals surface area contributed by atoms with Crippen LogP contribution in [0.15, 0.2) is 30.9 Å². The Morgan fingerprint density at radius 3 is 2.61 bits per heavy atom. The van der Waals surface area contributed by atoms with Gasteiger partial charge in [0.25, 0.3) is 0 Å². The van der Waals surface area contributed by atoms with Gasteiger partial charge in [-0.05, 0) is 6.07 Å². The van der Waals surface area contributed by atoms with E-state index in [9.17, 15) is 13.2 Å². The van der Waals surface area contributed by atoms with E-state index in [1.54, 1.807) is 0 Å². The fraction of sp³-hybridized carbons (Fsp3) is 0.200. The number of hydrogen-bond acceptors (Lipinski definition) is 5. The van der Waals surface area contributed by atoms with Crippen LogP contribution in [0.3, 0.4) is 0 Å². The molecule has 2 rings (SSSR count). The van der Waals surface area contributed by atoms with Crippen LogP contribution in [0.4, 0.5) is 19.1 Å². The van der Waals surface area contributed by atoms with E-state index in [-0.39, 0.29) is 12.5 Å². The van der Waals surface area contributed by atoms with Crippen molar-refractivity contribution in [1.29, 1.82) is 0 Å². The lowest BCUT2D eigenvalue weighted by atomic mass is 10.4. The van der Waals surface area contributed by atoms with Gasteiger partial charge in [-0.2, -0.15) is 13.2 Å². The fourth-order valence-corrected chi connectivity index (χ4v) is 1.19. The molecule has 0 saturated heterocycles. The number of anilines is 1. The van der Waals surface area contributed by atoms with Gasteiger partial charge >= 0.3 is 6.18 Å². The van der Waals surface area contributed by atoms with Crippen LogP contribution >= 0.6 is 0 Å². The molecule has 2 heterocycles. The molecule has 0 aliphatic carbocycles. The highest BCUT2D eigenvalue weighted by molar-refractivity contribution is 5.26. The predicted octanol–water partition coefficient (Wildman–Crippen LogP) is 1.90. The van der Waals surface area contributed by atoms with Gasteiger partial charge in [-0.3, -0.25) is 9.97 Å². The number of aromatic nitrogens is 4. The van der Waals surface area contributed by atoms with E-state index < -0.39 is 11.9 Å². The van der Waals surface area contributed by atoms with Gasteiger partial charge in [0.15, 0.2) is 0 Å². The molecule has 0 atom stereocenters. The zero-order valence-electron chi connectivity index (χ0n) is 9.02. The van der Waals surface area contributed by atoms with Crippen LogP contribution in [0.5, 0.6) is 0 Å². The number of nitrogens with zero attached hydrogens (tertiary/aromatic N) is 4. The average molecular weight is 255 g/mol. The van der Waals surface area contributed by atoms with Crippen molar-refractivity contribution in [2.75, 3.05) is 5.32 Å². The fourth-order valence-electron chi connectivity index (χ4n) is 1.19. The number of alkyl halides is 3. The number of rotatable bonds is 3. The Hall–Kier alpha value is -2.25. The lowest BCUT2D eigenvalue weighted by molar-refractivity contribution is -0.141. The molecule has 0 aliphatic heterocycles. The SMILES string of the molecule is FC(F)(F)c1ccnc(NCc2cnccn2)n1. The maximum absolute atomic E-state index is 12.4. The van der Waals surface area contributed by atoms with Crippen LogP contribution < -0.4 is 5.32 Å². The third-order valence-corrected chi connectivity index (χ3v) is 1.99. The van der Waals surface area contributed by atoms with Crippen molar-refractivity contribution >= 4 is 5.95 Å². The molecular formula is C10H8F3N5. The zero-order chi connectivity index (χ0) is 13.0. The first-order valence-corrected chi connectivity index (χ1v) is 4.95. The van der Waals surface area contributed by atoms with Crippen molar-refractivity contribution in [1.82, 2.24) is 19.9 Å². The summed E-state index contributed by atoms with van der Waals surface area (Å²) in [5.41, 5.74) is -0.405. The summed E-state index contributed by atoms with van der Waals surface area (Å²) in [6, 6.07) is 0.813. The number of hydrogen-bond donors (Lipinski definition) is 1. The monoisotopic (exact) mass is 255 g/mol. The summed E-state index contributed by atoms with van der Waals surface area (Å²) in [5.74, 6) is -0.101. The summed E-state index contributed by atoms with van der Waals surface area (Å²) in [5, 5.41) is 2.65. The Kier molecular flexibility index (Phi) is 3.35. The second kappa shape index (κ2) is 4.94. The largest absolute Gasteiger partial charge is 0.433 e. The van der Waals surface area contributed by atoms with E-state index in [1.807, 2.05) is 0 Å². The van der Waals surface area contributed by atoms with Crippen LogP contribution in [0, 0.1) is 0 Å². The quantitative estimate of drug-likeness (QED) is 0.907. The Morgan fingerprint density at radius 2 is 1.94 bits per heavy atom. The minimum Gasteiger partial charge on any atom is -0.348 e. The first-order valence-electron chi connectivity index (χ1n) is 4.95. The Morgan fingerprint density at radius 1 is 1.11 bits per heavy atom. The highest BCUT2D eigenvalue weighted by atomic mass is 19.4. The smallest absolute Gasteiger partial charge is 0.348 e. The molecule has 0 saturated carbocycles.